The average molecular weight is 226 g/mol. The van der Waals surface area contributed by atoms with Gasteiger partial charge in [0.05, 0.1) is 23.7 Å². The van der Waals surface area contributed by atoms with Crippen LogP contribution in [-0.4, -0.2) is 10.1 Å². The smallest absolute Gasteiger partial charge is 0.268 e. The summed E-state index contributed by atoms with van der Waals surface area (Å²) < 4.78 is 38.0. The number of hydrogen-bond donors (Lipinski definition) is 1. The van der Waals surface area contributed by atoms with Gasteiger partial charge < -0.3 is 5.11 Å². The van der Waals surface area contributed by atoms with Gasteiger partial charge in [-0.1, -0.05) is 0 Å². The summed E-state index contributed by atoms with van der Waals surface area (Å²) in [7, 11) is 0. The molecule has 0 radical (unpaired) electrons. The maximum atomic E-state index is 13.2. The van der Waals surface area contributed by atoms with E-state index in [9.17, 15) is 13.2 Å². The van der Waals surface area contributed by atoms with Crippen LogP contribution in [0.4, 0.5) is 13.2 Å². The van der Waals surface area contributed by atoms with Crippen molar-refractivity contribution in [1.82, 2.24) is 4.98 Å². The van der Waals surface area contributed by atoms with Gasteiger partial charge in [0.2, 0.25) is 0 Å². The lowest BCUT2D eigenvalue weighted by Crippen LogP contribution is -2.04. The van der Waals surface area contributed by atoms with Crippen LogP contribution in [0.25, 0.3) is 0 Å². The van der Waals surface area contributed by atoms with Crippen LogP contribution >= 0.6 is 11.6 Å². The van der Waals surface area contributed by atoms with Crippen LogP contribution in [0.15, 0.2) is 6.20 Å². The van der Waals surface area contributed by atoms with E-state index in [4.69, 9.17) is 16.7 Å². The molecule has 0 aromatic carbocycles. The van der Waals surface area contributed by atoms with E-state index in [2.05, 4.69) is 4.98 Å². The van der Waals surface area contributed by atoms with Crippen LogP contribution in [0.5, 0.6) is 0 Å². The van der Waals surface area contributed by atoms with Crippen molar-refractivity contribution in [3.8, 4) is 0 Å². The number of aromatic nitrogens is 1. The number of nitrogens with zero attached hydrogens (tertiary/aromatic N) is 1. The molecule has 0 amide bonds. The van der Waals surface area contributed by atoms with Crippen molar-refractivity contribution in [2.24, 2.45) is 0 Å². The van der Waals surface area contributed by atoms with Crippen molar-refractivity contribution < 1.29 is 18.3 Å². The van der Waals surface area contributed by atoms with Crippen LogP contribution in [0, 0.1) is 5.82 Å². The van der Waals surface area contributed by atoms with E-state index in [1.807, 2.05) is 0 Å². The molecule has 1 aromatic rings. The van der Waals surface area contributed by atoms with E-state index < -0.39 is 24.4 Å². The number of hydrogen-bond acceptors (Lipinski definition) is 2. The Kier molecular flexibility index (Phi) is 3.71. The summed E-state index contributed by atoms with van der Waals surface area (Å²) in [6, 6.07) is 0. The van der Waals surface area contributed by atoms with Crippen molar-refractivity contribution >= 4 is 11.6 Å². The van der Waals surface area contributed by atoms with E-state index in [0.717, 1.165) is 6.20 Å². The normalized spacial score (nSPS) is 11.0. The standard InChI is InChI=1S/C8H7ClF3NO/c9-1-5-6(8(11)12)7(10)4(3-14)2-13-5/h2,8,14H,1,3H2. The lowest BCUT2D eigenvalue weighted by Gasteiger charge is -2.09. The Morgan fingerprint density at radius 3 is 2.57 bits per heavy atom. The van der Waals surface area contributed by atoms with Gasteiger partial charge in [-0.05, 0) is 0 Å². The van der Waals surface area contributed by atoms with Crippen molar-refractivity contribution in [2.75, 3.05) is 0 Å². The summed E-state index contributed by atoms with van der Waals surface area (Å²) in [5.74, 6) is -1.42. The molecule has 1 heterocycles. The molecule has 14 heavy (non-hydrogen) atoms. The molecule has 0 aliphatic heterocycles. The van der Waals surface area contributed by atoms with E-state index in [0.29, 0.717) is 0 Å². The van der Waals surface area contributed by atoms with E-state index in [1.165, 1.54) is 0 Å². The summed E-state index contributed by atoms with van der Waals surface area (Å²) in [5.41, 5.74) is -1.28. The Morgan fingerprint density at radius 1 is 1.50 bits per heavy atom. The molecule has 6 heteroatoms. The molecular formula is C8H7ClF3NO. The predicted molar refractivity (Wildman–Crippen MR) is 44.6 cm³/mol. The lowest BCUT2D eigenvalue weighted by atomic mass is 10.1. The zero-order valence-electron chi connectivity index (χ0n) is 6.98. The highest BCUT2D eigenvalue weighted by atomic mass is 35.5. The first-order valence-electron chi connectivity index (χ1n) is 3.73. The van der Waals surface area contributed by atoms with Crippen molar-refractivity contribution in [1.29, 1.82) is 0 Å². The minimum atomic E-state index is -2.98. The minimum Gasteiger partial charge on any atom is -0.392 e. The van der Waals surface area contributed by atoms with Gasteiger partial charge >= 0.3 is 0 Å². The SMILES string of the molecule is OCc1cnc(CCl)c(C(F)F)c1F. The highest BCUT2D eigenvalue weighted by molar-refractivity contribution is 6.17. The molecule has 0 spiro atoms. The number of alkyl halides is 3. The minimum absolute atomic E-state index is 0.198. The van der Waals surface area contributed by atoms with Crippen LogP contribution in [0.3, 0.4) is 0 Å². The molecule has 0 saturated carbocycles. The van der Waals surface area contributed by atoms with Crippen LogP contribution < -0.4 is 0 Å². The highest BCUT2D eigenvalue weighted by Crippen LogP contribution is 2.27. The largest absolute Gasteiger partial charge is 0.392 e. The summed E-state index contributed by atoms with van der Waals surface area (Å²) in [6.07, 6.45) is -1.98. The maximum Gasteiger partial charge on any atom is 0.268 e. The van der Waals surface area contributed by atoms with Crippen molar-refractivity contribution in [2.45, 2.75) is 18.9 Å². The quantitative estimate of drug-likeness (QED) is 0.802. The Hall–Kier alpha value is -0.810. The first kappa shape index (κ1) is 11.3. The van der Waals surface area contributed by atoms with Crippen LogP contribution in [0.1, 0.15) is 23.2 Å². The first-order chi connectivity index (χ1) is 6.61. The summed E-state index contributed by atoms with van der Waals surface area (Å²) >= 11 is 5.32. The van der Waals surface area contributed by atoms with Gasteiger partial charge in [0.25, 0.3) is 6.43 Å². The van der Waals surface area contributed by atoms with Crippen molar-refractivity contribution in [3.63, 3.8) is 0 Å². The van der Waals surface area contributed by atoms with Gasteiger partial charge in [-0.25, -0.2) is 13.2 Å². The maximum absolute atomic E-state index is 13.2. The molecule has 1 rings (SSSR count). The van der Waals surface area contributed by atoms with Gasteiger partial charge in [-0.15, -0.1) is 11.6 Å². The van der Waals surface area contributed by atoms with Crippen LogP contribution in [-0.2, 0) is 12.5 Å². The second-order valence-corrected chi connectivity index (χ2v) is 2.82. The second kappa shape index (κ2) is 4.61. The molecule has 0 unspecified atom stereocenters. The number of pyridine rings is 1. The molecule has 2 nitrogen and oxygen atoms in total. The molecule has 0 saturated heterocycles. The van der Waals surface area contributed by atoms with Gasteiger partial charge in [0.15, 0.2) is 0 Å². The molecular weight excluding hydrogens is 219 g/mol. The van der Waals surface area contributed by atoms with E-state index in [1.54, 1.807) is 0 Å². The van der Waals surface area contributed by atoms with Gasteiger partial charge in [-0.2, -0.15) is 0 Å². The fourth-order valence-corrected chi connectivity index (χ4v) is 1.23. The fraction of sp³-hybridized carbons (Fsp3) is 0.375. The lowest BCUT2D eigenvalue weighted by molar-refractivity contribution is 0.143. The highest BCUT2D eigenvalue weighted by Gasteiger charge is 2.21. The Bertz CT molecular complexity index is 333. The fourth-order valence-electron chi connectivity index (χ4n) is 1.02. The Morgan fingerprint density at radius 2 is 2.14 bits per heavy atom. The Balaban J connectivity index is 3.31. The van der Waals surface area contributed by atoms with Gasteiger partial charge in [0, 0.05) is 11.8 Å². The number of aliphatic hydroxyl groups is 1. The molecule has 1 N–H and O–H groups in total. The van der Waals surface area contributed by atoms with Crippen LogP contribution in [0.2, 0.25) is 0 Å². The van der Waals surface area contributed by atoms with E-state index >= 15 is 0 Å². The second-order valence-electron chi connectivity index (χ2n) is 2.55. The van der Waals surface area contributed by atoms with Crippen molar-refractivity contribution in [3.05, 3.63) is 28.8 Å². The zero-order chi connectivity index (χ0) is 10.7. The Labute approximate surface area is 83.3 Å². The summed E-state index contributed by atoms with van der Waals surface area (Å²) in [6.45, 7) is -0.666. The van der Waals surface area contributed by atoms with E-state index in [-0.39, 0.29) is 17.1 Å². The third-order valence-corrected chi connectivity index (χ3v) is 1.97. The molecule has 0 atom stereocenters. The molecule has 0 aliphatic rings. The summed E-state index contributed by atoms with van der Waals surface area (Å²) in [5, 5.41) is 8.63. The number of halogens is 4. The molecule has 78 valence electrons. The third kappa shape index (κ3) is 1.99. The molecule has 0 aliphatic carbocycles. The molecule has 0 fully saturated rings. The molecule has 1 aromatic heterocycles. The number of rotatable bonds is 3. The summed E-state index contributed by atoms with van der Waals surface area (Å²) in [4.78, 5) is 3.54. The predicted octanol–water partition coefficient (Wildman–Crippen LogP) is 2.39. The zero-order valence-corrected chi connectivity index (χ0v) is 7.73. The monoisotopic (exact) mass is 225 g/mol. The molecule has 0 bridgehead atoms. The third-order valence-electron chi connectivity index (χ3n) is 1.72. The van der Waals surface area contributed by atoms with Gasteiger partial charge in [-0.3, -0.25) is 4.98 Å². The first-order valence-corrected chi connectivity index (χ1v) is 4.26. The van der Waals surface area contributed by atoms with Gasteiger partial charge in [0.1, 0.15) is 5.82 Å². The average Bonchev–Trinajstić information content (AvgIpc) is 2.16. The number of aliphatic hydroxyl groups excluding tert-OH is 1. The topological polar surface area (TPSA) is 33.1 Å².